The van der Waals surface area contributed by atoms with Gasteiger partial charge in [0.15, 0.2) is 0 Å². The van der Waals surface area contributed by atoms with Crippen molar-refractivity contribution in [3.63, 3.8) is 0 Å². The molecule has 12 heteroatoms. The van der Waals surface area contributed by atoms with Gasteiger partial charge in [0, 0.05) is 29.7 Å². The fraction of sp³-hybridized carbons (Fsp3) is 0.167. The molecule has 1 atom stereocenters. The minimum atomic E-state index is -3.78. The van der Waals surface area contributed by atoms with Crippen LogP contribution in [0.4, 0.5) is 11.5 Å². The number of aromatic nitrogens is 2. The van der Waals surface area contributed by atoms with Crippen molar-refractivity contribution in [2.24, 2.45) is 5.14 Å². The molecule has 0 aliphatic rings. The molecular formula is C12H16N5O5S2-. The molecule has 0 saturated heterocycles. The van der Waals surface area contributed by atoms with Gasteiger partial charge in [0.2, 0.25) is 0 Å². The highest BCUT2D eigenvalue weighted by Crippen LogP contribution is 2.14. The third-order valence-electron chi connectivity index (χ3n) is 2.64. The van der Waals surface area contributed by atoms with Crippen LogP contribution in [0, 0.1) is 0 Å². The number of nitrogens with one attached hydrogen (secondary N) is 1. The summed E-state index contributed by atoms with van der Waals surface area (Å²) in [6.45, 7) is 2.26. The molecule has 1 aromatic carbocycles. The first-order chi connectivity index (χ1) is 11.2. The highest BCUT2D eigenvalue weighted by Gasteiger charge is 2.14. The topological polar surface area (TPSA) is 173 Å². The monoisotopic (exact) mass is 374 g/mol. The Morgan fingerprint density at radius 2 is 1.83 bits per heavy atom. The second-order valence-electron chi connectivity index (χ2n) is 4.32. The zero-order chi connectivity index (χ0) is 18.3. The number of hydrogen-bond donors (Lipinski definition) is 3. The van der Waals surface area contributed by atoms with Crippen LogP contribution in [0.25, 0.3) is 0 Å². The molecule has 1 aromatic heterocycles. The van der Waals surface area contributed by atoms with Gasteiger partial charge < -0.3 is 10.3 Å². The van der Waals surface area contributed by atoms with Gasteiger partial charge >= 0.3 is 5.69 Å². The van der Waals surface area contributed by atoms with Gasteiger partial charge in [-0.05, 0) is 37.3 Å². The van der Waals surface area contributed by atoms with E-state index in [2.05, 4.69) is 14.8 Å². The summed E-state index contributed by atoms with van der Waals surface area (Å²) in [7, 11) is -3.78. The van der Waals surface area contributed by atoms with E-state index in [0.717, 1.165) is 0 Å². The van der Waals surface area contributed by atoms with Crippen LogP contribution >= 0.6 is 0 Å². The predicted octanol–water partition coefficient (Wildman–Crippen LogP) is -0.615. The van der Waals surface area contributed by atoms with E-state index in [1.807, 2.05) is 0 Å². The smallest absolute Gasteiger partial charge is 0.349 e. The fourth-order valence-electron chi connectivity index (χ4n) is 1.57. The largest absolute Gasteiger partial charge is 0.760 e. The second kappa shape index (κ2) is 8.54. The van der Waals surface area contributed by atoms with Crippen molar-refractivity contribution in [3.05, 3.63) is 47.0 Å². The Kier molecular flexibility index (Phi) is 7.03. The standard InChI is InChI=1S/C12H14N4O3S.H3NO2S/c1-2-16-8-7-11(14-12(16)17)15-20(18,19)10-5-3-9(13)4-6-10;1-4(2)3/h3-8H,2,13H2,1H3,(H,14,15,17);1H2,(H,2,3)/p-1. The molecular weight excluding hydrogens is 358 g/mol. The van der Waals surface area contributed by atoms with E-state index < -0.39 is 27.0 Å². The highest BCUT2D eigenvalue weighted by molar-refractivity contribution is 7.92. The van der Waals surface area contributed by atoms with Crippen LogP contribution in [0.3, 0.4) is 0 Å². The molecule has 1 heterocycles. The van der Waals surface area contributed by atoms with Crippen molar-refractivity contribution < 1.29 is 17.2 Å². The van der Waals surface area contributed by atoms with Gasteiger partial charge in [-0.1, -0.05) is 0 Å². The summed E-state index contributed by atoms with van der Waals surface area (Å²) in [5, 5.41) is 4.03. The summed E-state index contributed by atoms with van der Waals surface area (Å²) >= 11 is -2.36. The Bertz CT molecular complexity index is 860. The summed E-state index contributed by atoms with van der Waals surface area (Å²) < 4.78 is 45.3. The number of hydrogen-bond acceptors (Lipinski definition) is 7. The molecule has 10 nitrogen and oxygen atoms in total. The zero-order valence-electron chi connectivity index (χ0n) is 12.6. The first-order valence-corrected chi connectivity index (χ1v) is 9.07. The van der Waals surface area contributed by atoms with Gasteiger partial charge in [-0.25, -0.2) is 13.2 Å². The minimum absolute atomic E-state index is 0.0171. The van der Waals surface area contributed by atoms with Crippen LogP contribution in [-0.2, 0) is 27.8 Å². The molecule has 0 radical (unpaired) electrons. The van der Waals surface area contributed by atoms with Gasteiger partial charge in [-0.3, -0.25) is 18.6 Å². The quantitative estimate of drug-likeness (QED) is 0.472. The van der Waals surface area contributed by atoms with Crippen LogP contribution < -0.4 is 21.3 Å². The molecule has 0 aliphatic heterocycles. The SMILES string of the molecule is CCn1ccc(NS(=O)(=O)c2ccc(N)cc2)nc1=O.NS(=O)[O-]. The number of aryl methyl sites for hydroxylation is 1. The van der Waals surface area contributed by atoms with E-state index in [1.54, 1.807) is 6.92 Å². The van der Waals surface area contributed by atoms with E-state index >= 15 is 0 Å². The molecule has 0 spiro atoms. The average Bonchev–Trinajstić information content (AvgIpc) is 2.47. The molecule has 0 amide bonds. The van der Waals surface area contributed by atoms with Crippen LogP contribution in [0.2, 0.25) is 0 Å². The average molecular weight is 374 g/mol. The number of anilines is 2. The third-order valence-corrected chi connectivity index (χ3v) is 4.01. The summed E-state index contributed by atoms with van der Waals surface area (Å²) in [5.41, 5.74) is 5.46. The molecule has 0 aliphatic carbocycles. The summed E-state index contributed by atoms with van der Waals surface area (Å²) in [6, 6.07) is 7.16. The Hall–Kier alpha value is -2.28. The van der Waals surface area contributed by atoms with Gasteiger partial charge in [0.25, 0.3) is 10.0 Å². The normalized spacial score (nSPS) is 12.0. The van der Waals surface area contributed by atoms with Gasteiger partial charge in [-0.2, -0.15) is 4.98 Å². The Labute approximate surface area is 141 Å². The molecule has 0 bridgehead atoms. The van der Waals surface area contributed by atoms with Crippen molar-refractivity contribution in [2.75, 3.05) is 10.5 Å². The lowest BCUT2D eigenvalue weighted by atomic mass is 10.3. The van der Waals surface area contributed by atoms with Crippen LogP contribution in [0.15, 0.2) is 46.2 Å². The van der Waals surface area contributed by atoms with E-state index in [9.17, 15) is 13.2 Å². The first-order valence-electron chi connectivity index (χ1n) is 6.45. The van der Waals surface area contributed by atoms with Gasteiger partial charge in [0.05, 0.1) is 4.90 Å². The lowest BCUT2D eigenvalue weighted by Gasteiger charge is -2.08. The predicted molar refractivity (Wildman–Crippen MR) is 88.9 cm³/mol. The molecule has 1 unspecified atom stereocenters. The second-order valence-corrected chi connectivity index (χ2v) is 6.52. The van der Waals surface area contributed by atoms with Gasteiger partial charge in [0.1, 0.15) is 5.82 Å². The number of nitrogen functional groups attached to an aromatic ring is 1. The molecule has 24 heavy (non-hydrogen) atoms. The first kappa shape index (κ1) is 19.8. The molecule has 5 N–H and O–H groups in total. The van der Waals surface area contributed by atoms with Crippen molar-refractivity contribution >= 4 is 32.8 Å². The lowest BCUT2D eigenvalue weighted by molar-refractivity contribution is 0.538. The van der Waals surface area contributed by atoms with Crippen molar-refractivity contribution in [3.8, 4) is 0 Å². The molecule has 0 fully saturated rings. The Morgan fingerprint density at radius 1 is 1.29 bits per heavy atom. The molecule has 2 rings (SSSR count). The van der Waals surface area contributed by atoms with Crippen LogP contribution in [-0.4, -0.2) is 26.7 Å². The fourth-order valence-corrected chi connectivity index (χ4v) is 2.57. The van der Waals surface area contributed by atoms with Crippen LogP contribution in [0.1, 0.15) is 6.92 Å². The Balaban J connectivity index is 0.000000648. The van der Waals surface area contributed by atoms with E-state index in [0.29, 0.717) is 12.2 Å². The van der Waals surface area contributed by atoms with Gasteiger partial charge in [-0.15, -0.1) is 0 Å². The number of benzene rings is 1. The Morgan fingerprint density at radius 3 is 2.29 bits per heavy atom. The summed E-state index contributed by atoms with van der Waals surface area (Å²) in [4.78, 5) is 15.3. The van der Waals surface area contributed by atoms with Crippen LogP contribution in [0.5, 0.6) is 0 Å². The van der Waals surface area contributed by atoms with Crippen molar-refractivity contribution in [1.82, 2.24) is 9.55 Å². The zero-order valence-corrected chi connectivity index (χ0v) is 14.2. The summed E-state index contributed by atoms with van der Waals surface area (Å²) in [6.07, 6.45) is 1.48. The van der Waals surface area contributed by atoms with E-state index in [-0.39, 0.29) is 10.7 Å². The number of rotatable bonds is 4. The maximum atomic E-state index is 12.1. The molecule has 2 aromatic rings. The number of nitrogens with zero attached hydrogens (tertiary/aromatic N) is 2. The summed E-state index contributed by atoms with van der Waals surface area (Å²) in [5.74, 6) is -0.0171. The van der Waals surface area contributed by atoms with Crippen molar-refractivity contribution in [1.29, 1.82) is 0 Å². The number of nitrogens with two attached hydrogens (primary N) is 2. The highest BCUT2D eigenvalue weighted by atomic mass is 32.2. The third kappa shape index (κ3) is 6.08. The van der Waals surface area contributed by atoms with E-state index in [4.69, 9.17) is 14.5 Å². The minimum Gasteiger partial charge on any atom is -0.760 e. The number of sulfonamides is 1. The maximum Gasteiger partial charge on any atom is 0.349 e. The molecule has 0 saturated carbocycles. The lowest BCUT2D eigenvalue weighted by Crippen LogP contribution is -2.24. The van der Waals surface area contributed by atoms with E-state index in [1.165, 1.54) is 41.1 Å². The maximum absolute atomic E-state index is 12.1. The van der Waals surface area contributed by atoms with Crippen molar-refractivity contribution in [2.45, 2.75) is 18.4 Å². The molecule has 132 valence electrons.